The van der Waals surface area contributed by atoms with Crippen molar-refractivity contribution < 1.29 is 44.3 Å². The van der Waals surface area contributed by atoms with E-state index in [-0.39, 0.29) is 29.6 Å². The molecule has 3 rings (SSSR count). The molecule has 0 radical (unpaired) electrons. The van der Waals surface area contributed by atoms with Gasteiger partial charge >= 0.3 is 29.6 Å². The standard InChI is InChI=1S/C25H23BrN2O3S.Na/c1-32-12-11-23(25(30)31)28-24(29)21-10-9-17(7-8-18-13-20(26)16-27-15-18)14-22(21)19-5-3-2-4-6-19;/h2-10,13-16,23H,11-12H2,1H3,(H,28,29)(H,30,31);/q;+1/p-1/b8-7+;/t23-;/m0./s1. The van der Waals surface area contributed by atoms with Gasteiger partial charge in [0.25, 0.3) is 5.91 Å². The number of pyridine rings is 1. The molecule has 1 amide bonds. The molecular formula is C25H22BrN2NaO3S. The van der Waals surface area contributed by atoms with E-state index in [0.717, 1.165) is 26.7 Å². The van der Waals surface area contributed by atoms with Crippen LogP contribution in [-0.4, -0.2) is 34.9 Å². The van der Waals surface area contributed by atoms with Gasteiger partial charge in [-0.15, -0.1) is 0 Å². The average molecular weight is 533 g/mol. The van der Waals surface area contributed by atoms with E-state index in [0.29, 0.717) is 17.7 Å². The van der Waals surface area contributed by atoms with E-state index in [9.17, 15) is 14.7 Å². The van der Waals surface area contributed by atoms with Crippen LogP contribution in [0.5, 0.6) is 0 Å². The Kier molecular flexibility index (Phi) is 11.4. The van der Waals surface area contributed by atoms with Crippen molar-refractivity contribution in [2.75, 3.05) is 12.0 Å². The van der Waals surface area contributed by atoms with E-state index in [4.69, 9.17) is 0 Å². The molecular weight excluding hydrogens is 511 g/mol. The maximum atomic E-state index is 13.0. The number of carboxylic acid groups (broad SMARTS) is 1. The van der Waals surface area contributed by atoms with Crippen molar-refractivity contribution in [1.82, 2.24) is 10.3 Å². The van der Waals surface area contributed by atoms with Gasteiger partial charge in [0.15, 0.2) is 0 Å². The first-order chi connectivity index (χ1) is 15.5. The molecule has 164 valence electrons. The van der Waals surface area contributed by atoms with Crippen LogP contribution in [-0.2, 0) is 4.79 Å². The third-order valence-electron chi connectivity index (χ3n) is 4.77. The second-order valence-corrected chi connectivity index (χ2v) is 8.97. The van der Waals surface area contributed by atoms with E-state index in [2.05, 4.69) is 26.2 Å². The van der Waals surface area contributed by atoms with Gasteiger partial charge in [0.2, 0.25) is 0 Å². The molecule has 1 N–H and O–H groups in total. The first kappa shape index (κ1) is 27.3. The SMILES string of the molecule is CSCC[C@H](NC(=O)c1ccc(/C=C/c2cncc(Br)c2)cc1-c1ccccc1)C(=O)[O-].[Na+]. The summed E-state index contributed by atoms with van der Waals surface area (Å²) in [6, 6.07) is 15.9. The van der Waals surface area contributed by atoms with E-state index < -0.39 is 17.9 Å². The fourth-order valence-electron chi connectivity index (χ4n) is 3.15. The molecule has 0 unspecified atom stereocenters. The number of carbonyl (C=O) groups is 2. The van der Waals surface area contributed by atoms with Gasteiger partial charge in [-0.25, -0.2) is 0 Å². The van der Waals surface area contributed by atoms with Crippen molar-refractivity contribution in [2.45, 2.75) is 12.5 Å². The van der Waals surface area contributed by atoms with Gasteiger partial charge in [0, 0.05) is 22.4 Å². The van der Waals surface area contributed by atoms with Crippen molar-refractivity contribution in [3.8, 4) is 11.1 Å². The number of aliphatic carboxylic acids is 1. The largest absolute Gasteiger partial charge is 1.00 e. The van der Waals surface area contributed by atoms with Gasteiger partial charge in [-0.1, -0.05) is 48.6 Å². The number of rotatable bonds is 9. The van der Waals surface area contributed by atoms with Gasteiger partial charge in [-0.05, 0) is 74.8 Å². The van der Waals surface area contributed by atoms with Crippen LogP contribution in [0.3, 0.4) is 0 Å². The third kappa shape index (κ3) is 8.12. The predicted molar refractivity (Wildman–Crippen MR) is 132 cm³/mol. The predicted octanol–water partition coefficient (Wildman–Crippen LogP) is 1.29. The normalized spacial score (nSPS) is 11.6. The Morgan fingerprint density at radius 1 is 1.09 bits per heavy atom. The Bertz CT molecular complexity index is 1130. The second-order valence-electron chi connectivity index (χ2n) is 7.07. The van der Waals surface area contributed by atoms with Crippen molar-refractivity contribution in [3.63, 3.8) is 0 Å². The van der Waals surface area contributed by atoms with E-state index in [1.54, 1.807) is 18.5 Å². The molecule has 1 heterocycles. The first-order valence-electron chi connectivity index (χ1n) is 9.96. The molecule has 3 aromatic rings. The fourth-order valence-corrected chi connectivity index (χ4v) is 4.01. The summed E-state index contributed by atoms with van der Waals surface area (Å²) in [7, 11) is 0. The zero-order chi connectivity index (χ0) is 22.9. The summed E-state index contributed by atoms with van der Waals surface area (Å²) >= 11 is 4.93. The second kappa shape index (κ2) is 13.7. The summed E-state index contributed by atoms with van der Waals surface area (Å²) in [5, 5.41) is 14.1. The molecule has 0 spiro atoms. The maximum absolute atomic E-state index is 13.0. The Hall–Kier alpha value is -1.90. The molecule has 5 nitrogen and oxygen atoms in total. The number of carboxylic acids is 1. The third-order valence-corrected chi connectivity index (χ3v) is 5.85. The summed E-state index contributed by atoms with van der Waals surface area (Å²) in [5.74, 6) is -1.11. The summed E-state index contributed by atoms with van der Waals surface area (Å²) in [6.45, 7) is 0. The number of aromatic nitrogens is 1. The van der Waals surface area contributed by atoms with E-state index >= 15 is 0 Å². The number of thioether (sulfide) groups is 1. The van der Waals surface area contributed by atoms with Gasteiger partial charge in [0.05, 0.1) is 12.0 Å². The van der Waals surface area contributed by atoms with Gasteiger partial charge < -0.3 is 15.2 Å². The first-order valence-corrected chi connectivity index (χ1v) is 12.2. The monoisotopic (exact) mass is 532 g/mol. The minimum atomic E-state index is -1.28. The summed E-state index contributed by atoms with van der Waals surface area (Å²) in [5.41, 5.74) is 3.84. The maximum Gasteiger partial charge on any atom is 1.00 e. The molecule has 0 fully saturated rings. The smallest absolute Gasteiger partial charge is 0.548 e. The molecule has 0 saturated heterocycles. The summed E-state index contributed by atoms with van der Waals surface area (Å²) in [4.78, 5) is 28.6. The Labute approximate surface area is 228 Å². The number of nitrogens with one attached hydrogen (secondary N) is 1. The molecule has 0 saturated carbocycles. The Morgan fingerprint density at radius 2 is 1.82 bits per heavy atom. The molecule has 8 heteroatoms. The van der Waals surface area contributed by atoms with Gasteiger partial charge in [0.1, 0.15) is 0 Å². The van der Waals surface area contributed by atoms with Gasteiger partial charge in [-0.3, -0.25) is 9.78 Å². The quantitative estimate of drug-likeness (QED) is 0.420. The van der Waals surface area contributed by atoms with Crippen LogP contribution < -0.4 is 40.0 Å². The molecule has 0 aliphatic carbocycles. The van der Waals surface area contributed by atoms with Crippen molar-refractivity contribution in [2.24, 2.45) is 0 Å². The Morgan fingerprint density at radius 3 is 2.48 bits per heavy atom. The topological polar surface area (TPSA) is 82.1 Å². The molecule has 33 heavy (non-hydrogen) atoms. The number of nitrogens with zero attached hydrogens (tertiary/aromatic N) is 1. The number of carbonyl (C=O) groups excluding carboxylic acids is 2. The number of amides is 1. The number of halogens is 1. The molecule has 0 aliphatic heterocycles. The molecule has 1 aromatic heterocycles. The van der Waals surface area contributed by atoms with E-state index in [1.165, 1.54) is 11.8 Å². The van der Waals surface area contributed by atoms with Crippen LogP contribution in [0.1, 0.15) is 27.9 Å². The average Bonchev–Trinajstić information content (AvgIpc) is 2.80. The van der Waals surface area contributed by atoms with Crippen molar-refractivity contribution >= 4 is 51.7 Å². The van der Waals surface area contributed by atoms with Crippen LogP contribution in [0, 0.1) is 0 Å². The van der Waals surface area contributed by atoms with Crippen molar-refractivity contribution in [1.29, 1.82) is 0 Å². The molecule has 0 aliphatic rings. The van der Waals surface area contributed by atoms with Crippen LogP contribution in [0.15, 0.2) is 71.5 Å². The van der Waals surface area contributed by atoms with Crippen LogP contribution in [0.25, 0.3) is 23.3 Å². The minimum Gasteiger partial charge on any atom is -0.548 e. The molecule has 1 atom stereocenters. The van der Waals surface area contributed by atoms with E-state index in [1.807, 2.05) is 66.9 Å². The number of benzene rings is 2. The van der Waals surface area contributed by atoms with Crippen LogP contribution in [0.2, 0.25) is 0 Å². The van der Waals surface area contributed by atoms with Crippen LogP contribution >= 0.6 is 27.7 Å². The summed E-state index contributed by atoms with van der Waals surface area (Å²) < 4.78 is 0.889. The van der Waals surface area contributed by atoms with Crippen molar-refractivity contribution in [3.05, 3.63) is 88.2 Å². The van der Waals surface area contributed by atoms with Crippen LogP contribution in [0.4, 0.5) is 0 Å². The molecule has 0 bridgehead atoms. The minimum absolute atomic E-state index is 0. The molecule has 2 aromatic carbocycles. The Balaban J connectivity index is 0.00000385. The zero-order valence-electron chi connectivity index (χ0n) is 18.5. The fraction of sp³-hybridized carbons (Fsp3) is 0.160. The summed E-state index contributed by atoms with van der Waals surface area (Å²) in [6.07, 6.45) is 9.55. The zero-order valence-corrected chi connectivity index (χ0v) is 22.9. The number of hydrogen-bond donors (Lipinski definition) is 1. The number of hydrogen-bond acceptors (Lipinski definition) is 5. The van der Waals surface area contributed by atoms with Gasteiger partial charge in [-0.2, -0.15) is 11.8 Å².